The number of halogens is 1. The topological polar surface area (TPSA) is 87.7 Å². The summed E-state index contributed by atoms with van der Waals surface area (Å²) in [4.78, 5) is 12.4. The van der Waals surface area contributed by atoms with E-state index < -0.39 is 10.0 Å². The van der Waals surface area contributed by atoms with Gasteiger partial charge in [-0.15, -0.1) is 12.4 Å². The van der Waals surface area contributed by atoms with Crippen molar-refractivity contribution >= 4 is 28.3 Å². The highest BCUT2D eigenvalue weighted by Crippen LogP contribution is 2.25. The van der Waals surface area contributed by atoms with Gasteiger partial charge in [0.2, 0.25) is 15.9 Å². The summed E-state index contributed by atoms with van der Waals surface area (Å²) >= 11 is 0. The maximum atomic E-state index is 13.0. The van der Waals surface area contributed by atoms with E-state index in [4.69, 9.17) is 4.74 Å². The van der Waals surface area contributed by atoms with Gasteiger partial charge < -0.3 is 15.4 Å². The molecular formula is C19H30ClN3O4S. The lowest BCUT2D eigenvalue weighted by molar-refractivity contribution is -0.123. The van der Waals surface area contributed by atoms with Crippen LogP contribution in [0.2, 0.25) is 0 Å². The second-order valence-electron chi connectivity index (χ2n) is 7.17. The van der Waals surface area contributed by atoms with Crippen LogP contribution in [0.3, 0.4) is 0 Å². The normalized spacial score (nSPS) is 23.0. The average Bonchev–Trinajstić information content (AvgIpc) is 3.22. The second kappa shape index (κ2) is 10.4. The molecule has 2 aliphatic heterocycles. The zero-order valence-corrected chi connectivity index (χ0v) is 17.9. The van der Waals surface area contributed by atoms with E-state index in [9.17, 15) is 13.2 Å². The highest BCUT2D eigenvalue weighted by atomic mass is 35.5. The molecule has 2 aliphatic rings. The third-order valence-electron chi connectivity index (χ3n) is 5.18. The number of carbonyl (C=O) groups is 1. The summed E-state index contributed by atoms with van der Waals surface area (Å²) in [5.74, 6) is 0.717. The summed E-state index contributed by atoms with van der Waals surface area (Å²) < 4.78 is 33.0. The number of amides is 1. The first-order valence-corrected chi connectivity index (χ1v) is 11.2. The van der Waals surface area contributed by atoms with Gasteiger partial charge in [0.25, 0.3) is 0 Å². The molecule has 28 heavy (non-hydrogen) atoms. The van der Waals surface area contributed by atoms with Gasteiger partial charge in [0.1, 0.15) is 5.75 Å². The molecule has 2 N–H and O–H groups in total. The van der Waals surface area contributed by atoms with Gasteiger partial charge in [-0.2, -0.15) is 4.31 Å². The van der Waals surface area contributed by atoms with Gasteiger partial charge in [-0.3, -0.25) is 4.79 Å². The maximum absolute atomic E-state index is 13.0. The highest BCUT2D eigenvalue weighted by Gasteiger charge is 2.31. The largest absolute Gasteiger partial charge is 0.494 e. The molecule has 0 aliphatic carbocycles. The number of nitrogens with zero attached hydrogens (tertiary/aromatic N) is 1. The Morgan fingerprint density at radius 2 is 2.14 bits per heavy atom. The standard InChI is InChI=1S/C19H29N3O4S.ClH/c1-2-26-16-7-3-8-17(12-16)27(24,25)22-11-5-6-15(14-22)13-21-19(23)18-9-4-10-20-18;/h3,7-8,12,15,18,20H,2,4-6,9-11,13-14H2,1H3,(H,21,23);1H. The van der Waals surface area contributed by atoms with Gasteiger partial charge in [0, 0.05) is 25.7 Å². The molecule has 0 spiro atoms. The Balaban J connectivity index is 0.00000280. The van der Waals surface area contributed by atoms with Crippen LogP contribution >= 0.6 is 12.4 Å². The molecule has 9 heteroatoms. The molecule has 2 saturated heterocycles. The van der Waals surface area contributed by atoms with Gasteiger partial charge in [-0.25, -0.2) is 8.42 Å². The number of rotatable bonds is 7. The monoisotopic (exact) mass is 431 g/mol. The van der Waals surface area contributed by atoms with Crippen molar-refractivity contribution in [1.29, 1.82) is 0 Å². The average molecular weight is 432 g/mol. The Hall–Kier alpha value is -1.35. The first kappa shape index (κ1) is 22.9. The van der Waals surface area contributed by atoms with E-state index in [0.717, 1.165) is 32.2 Å². The summed E-state index contributed by atoms with van der Waals surface area (Å²) in [7, 11) is -3.56. The van der Waals surface area contributed by atoms with Crippen LogP contribution in [0.4, 0.5) is 0 Å². The minimum Gasteiger partial charge on any atom is -0.494 e. The molecule has 3 rings (SSSR count). The number of nitrogens with one attached hydrogen (secondary N) is 2. The minimum atomic E-state index is -3.56. The SMILES string of the molecule is CCOc1cccc(S(=O)(=O)N2CCCC(CNC(=O)C3CCCN3)C2)c1.Cl. The molecule has 2 unspecified atom stereocenters. The van der Waals surface area contributed by atoms with E-state index in [0.29, 0.717) is 32.0 Å². The Labute approximate surface area is 173 Å². The van der Waals surface area contributed by atoms with E-state index in [1.165, 1.54) is 4.31 Å². The third-order valence-corrected chi connectivity index (χ3v) is 7.04. The predicted molar refractivity (Wildman–Crippen MR) is 110 cm³/mol. The molecule has 2 heterocycles. The fourth-order valence-corrected chi connectivity index (χ4v) is 5.32. The number of hydrogen-bond acceptors (Lipinski definition) is 5. The summed E-state index contributed by atoms with van der Waals surface area (Å²) in [6.45, 7) is 4.70. The summed E-state index contributed by atoms with van der Waals surface area (Å²) in [5, 5.41) is 6.17. The molecule has 7 nitrogen and oxygen atoms in total. The van der Waals surface area contributed by atoms with Gasteiger partial charge in [0.05, 0.1) is 17.5 Å². The van der Waals surface area contributed by atoms with Crippen molar-refractivity contribution in [2.45, 2.75) is 43.5 Å². The quantitative estimate of drug-likeness (QED) is 0.687. The smallest absolute Gasteiger partial charge is 0.243 e. The van der Waals surface area contributed by atoms with Crippen molar-refractivity contribution in [3.63, 3.8) is 0 Å². The molecule has 2 atom stereocenters. The zero-order chi connectivity index (χ0) is 19.3. The van der Waals surface area contributed by atoms with Crippen molar-refractivity contribution in [3.8, 4) is 5.75 Å². The second-order valence-corrected chi connectivity index (χ2v) is 9.11. The fraction of sp³-hybridized carbons (Fsp3) is 0.632. The van der Waals surface area contributed by atoms with Gasteiger partial charge in [-0.05, 0) is 57.2 Å². The molecule has 158 valence electrons. The van der Waals surface area contributed by atoms with Crippen molar-refractivity contribution in [1.82, 2.24) is 14.9 Å². The number of hydrogen-bond donors (Lipinski definition) is 2. The molecule has 0 radical (unpaired) electrons. The number of sulfonamides is 1. The number of piperidine rings is 1. The first-order chi connectivity index (χ1) is 13.0. The highest BCUT2D eigenvalue weighted by molar-refractivity contribution is 7.89. The molecule has 2 fully saturated rings. The minimum absolute atomic E-state index is 0. The number of carbonyl (C=O) groups excluding carboxylic acids is 1. The van der Waals surface area contributed by atoms with E-state index in [2.05, 4.69) is 10.6 Å². The van der Waals surface area contributed by atoms with E-state index in [-0.39, 0.29) is 35.2 Å². The van der Waals surface area contributed by atoms with Crippen LogP contribution in [0.15, 0.2) is 29.2 Å². The van der Waals surface area contributed by atoms with Crippen molar-refractivity contribution in [2.75, 3.05) is 32.8 Å². The zero-order valence-electron chi connectivity index (χ0n) is 16.2. The summed E-state index contributed by atoms with van der Waals surface area (Å²) in [6.07, 6.45) is 3.61. The summed E-state index contributed by atoms with van der Waals surface area (Å²) in [5.41, 5.74) is 0. The fourth-order valence-electron chi connectivity index (χ4n) is 3.73. The number of benzene rings is 1. The molecular weight excluding hydrogens is 402 g/mol. The van der Waals surface area contributed by atoms with E-state index >= 15 is 0 Å². The van der Waals surface area contributed by atoms with Crippen molar-refractivity contribution in [3.05, 3.63) is 24.3 Å². The van der Waals surface area contributed by atoms with Crippen LogP contribution in [-0.2, 0) is 14.8 Å². The van der Waals surface area contributed by atoms with Crippen molar-refractivity contribution in [2.24, 2.45) is 5.92 Å². The van der Waals surface area contributed by atoms with Crippen LogP contribution in [0.5, 0.6) is 5.75 Å². The molecule has 1 aromatic carbocycles. The van der Waals surface area contributed by atoms with Crippen LogP contribution < -0.4 is 15.4 Å². The van der Waals surface area contributed by atoms with Crippen molar-refractivity contribution < 1.29 is 17.9 Å². The Bertz CT molecular complexity index is 753. The Morgan fingerprint density at radius 1 is 1.32 bits per heavy atom. The lowest BCUT2D eigenvalue weighted by Gasteiger charge is -2.32. The van der Waals surface area contributed by atoms with Crippen LogP contribution in [0.1, 0.15) is 32.6 Å². The predicted octanol–water partition coefficient (Wildman–Crippen LogP) is 1.78. The van der Waals surface area contributed by atoms with E-state index in [1.54, 1.807) is 24.3 Å². The molecule has 1 aromatic rings. The van der Waals surface area contributed by atoms with Crippen LogP contribution in [0.25, 0.3) is 0 Å². The molecule has 0 aromatic heterocycles. The van der Waals surface area contributed by atoms with Gasteiger partial charge in [0.15, 0.2) is 0 Å². The number of ether oxygens (including phenoxy) is 1. The Kier molecular flexibility index (Phi) is 8.55. The van der Waals surface area contributed by atoms with E-state index in [1.807, 2.05) is 6.92 Å². The van der Waals surface area contributed by atoms with Crippen LogP contribution in [0, 0.1) is 5.92 Å². The van der Waals surface area contributed by atoms with Gasteiger partial charge in [-0.1, -0.05) is 6.07 Å². The van der Waals surface area contributed by atoms with Gasteiger partial charge >= 0.3 is 0 Å². The maximum Gasteiger partial charge on any atom is 0.243 e. The molecule has 0 saturated carbocycles. The first-order valence-electron chi connectivity index (χ1n) is 9.75. The molecule has 0 bridgehead atoms. The Morgan fingerprint density at radius 3 is 2.86 bits per heavy atom. The summed E-state index contributed by atoms with van der Waals surface area (Å²) in [6, 6.07) is 6.54. The lowest BCUT2D eigenvalue weighted by atomic mass is 9.99. The molecule has 1 amide bonds. The third kappa shape index (κ3) is 5.59. The lowest BCUT2D eigenvalue weighted by Crippen LogP contribution is -2.46. The van der Waals surface area contributed by atoms with Crippen LogP contribution in [-0.4, -0.2) is 57.5 Å².